The summed E-state index contributed by atoms with van der Waals surface area (Å²) in [6.07, 6.45) is 1.12. The Morgan fingerprint density at radius 3 is 2.75 bits per heavy atom. The van der Waals surface area contributed by atoms with Gasteiger partial charge in [0.15, 0.2) is 5.78 Å². The molecule has 108 valence electrons. The summed E-state index contributed by atoms with van der Waals surface area (Å²) in [4.78, 5) is 35.8. The van der Waals surface area contributed by atoms with Gasteiger partial charge in [0.2, 0.25) is 0 Å². The number of thiophene rings is 1. The molecular formula is C13H15NO5S. The van der Waals surface area contributed by atoms with Gasteiger partial charge in [-0.1, -0.05) is 0 Å². The minimum Gasteiger partial charge on any atom is -0.462 e. The number of hydrogen-bond acceptors (Lipinski definition) is 6. The summed E-state index contributed by atoms with van der Waals surface area (Å²) in [5.41, 5.74) is 0.960. The molecule has 1 N–H and O–H groups in total. The maximum absolute atomic E-state index is 12.1. The lowest BCUT2D eigenvalue weighted by Gasteiger charge is -2.11. The van der Waals surface area contributed by atoms with Gasteiger partial charge < -0.3 is 9.47 Å². The number of amides is 1. The van der Waals surface area contributed by atoms with E-state index in [2.05, 4.69) is 10.1 Å². The van der Waals surface area contributed by atoms with E-state index < -0.39 is 12.1 Å². The van der Waals surface area contributed by atoms with Crippen LogP contribution in [0.3, 0.4) is 0 Å². The smallest absolute Gasteiger partial charge is 0.411 e. The van der Waals surface area contributed by atoms with E-state index in [0.717, 1.165) is 11.3 Å². The topological polar surface area (TPSA) is 81.7 Å². The number of ketones is 1. The first kappa shape index (κ1) is 14.5. The number of hydrogen-bond donors (Lipinski definition) is 1. The van der Waals surface area contributed by atoms with Crippen LogP contribution in [-0.2, 0) is 15.9 Å². The van der Waals surface area contributed by atoms with Crippen LogP contribution in [0.25, 0.3) is 0 Å². The molecule has 1 aliphatic rings. The number of methoxy groups -OCH3 is 1. The second kappa shape index (κ2) is 6.04. The molecule has 0 bridgehead atoms. The van der Waals surface area contributed by atoms with Crippen molar-refractivity contribution in [3.05, 3.63) is 16.0 Å². The van der Waals surface area contributed by atoms with Crippen molar-refractivity contribution in [2.45, 2.75) is 26.2 Å². The fraction of sp³-hybridized carbons (Fsp3) is 0.462. The van der Waals surface area contributed by atoms with Crippen molar-refractivity contribution in [3.63, 3.8) is 0 Å². The van der Waals surface area contributed by atoms with Crippen molar-refractivity contribution in [1.29, 1.82) is 0 Å². The second-order valence-electron chi connectivity index (χ2n) is 4.23. The largest absolute Gasteiger partial charge is 0.462 e. The molecule has 6 nitrogen and oxygen atoms in total. The average Bonchev–Trinajstić information content (AvgIpc) is 2.78. The Hall–Kier alpha value is -1.89. The molecule has 0 unspecified atom stereocenters. The number of anilines is 1. The van der Waals surface area contributed by atoms with Gasteiger partial charge in [0.05, 0.1) is 24.2 Å². The lowest BCUT2D eigenvalue weighted by molar-refractivity contribution is 0.0527. The molecule has 1 heterocycles. The van der Waals surface area contributed by atoms with Gasteiger partial charge in [-0.05, 0) is 25.3 Å². The van der Waals surface area contributed by atoms with Gasteiger partial charge in [-0.25, -0.2) is 9.59 Å². The Morgan fingerprint density at radius 1 is 1.35 bits per heavy atom. The standard InChI is InChI=1S/C13H15NO5S/c1-3-19-12(16)9-7-5-4-6-8(15)10(7)20-11(9)14-13(17)18-2/h3-6H2,1-2H3,(H,14,17). The molecule has 0 fully saturated rings. The Balaban J connectivity index is 2.46. The number of carbonyl (C=O) groups is 3. The predicted molar refractivity (Wildman–Crippen MR) is 73.6 cm³/mol. The van der Waals surface area contributed by atoms with Crippen LogP contribution in [-0.4, -0.2) is 31.6 Å². The molecule has 1 aromatic rings. The zero-order valence-electron chi connectivity index (χ0n) is 11.3. The molecule has 0 aliphatic heterocycles. The number of nitrogens with one attached hydrogen (secondary N) is 1. The predicted octanol–water partition coefficient (Wildman–Crippen LogP) is 2.62. The zero-order chi connectivity index (χ0) is 14.7. The van der Waals surface area contributed by atoms with Gasteiger partial charge in [-0.2, -0.15) is 0 Å². The van der Waals surface area contributed by atoms with E-state index in [-0.39, 0.29) is 18.0 Å². The van der Waals surface area contributed by atoms with Crippen LogP contribution < -0.4 is 5.32 Å². The van der Waals surface area contributed by atoms with E-state index >= 15 is 0 Å². The van der Waals surface area contributed by atoms with Crippen LogP contribution in [0.5, 0.6) is 0 Å². The lowest BCUT2D eigenvalue weighted by atomic mass is 9.94. The van der Waals surface area contributed by atoms with Crippen molar-refractivity contribution in [2.24, 2.45) is 0 Å². The van der Waals surface area contributed by atoms with Crippen LogP contribution in [0.1, 0.15) is 45.4 Å². The van der Waals surface area contributed by atoms with E-state index in [4.69, 9.17) is 4.74 Å². The van der Waals surface area contributed by atoms with E-state index in [9.17, 15) is 14.4 Å². The van der Waals surface area contributed by atoms with Crippen molar-refractivity contribution in [2.75, 3.05) is 19.0 Å². The van der Waals surface area contributed by atoms with E-state index in [1.54, 1.807) is 6.92 Å². The zero-order valence-corrected chi connectivity index (χ0v) is 12.1. The quantitative estimate of drug-likeness (QED) is 0.867. The van der Waals surface area contributed by atoms with Gasteiger partial charge in [-0.15, -0.1) is 11.3 Å². The van der Waals surface area contributed by atoms with Gasteiger partial charge in [0.1, 0.15) is 5.00 Å². The summed E-state index contributed by atoms with van der Waals surface area (Å²) in [6, 6.07) is 0. The van der Waals surface area contributed by atoms with Crippen molar-refractivity contribution in [1.82, 2.24) is 0 Å². The minimum atomic E-state index is -0.679. The van der Waals surface area contributed by atoms with Crippen LogP contribution >= 0.6 is 11.3 Å². The van der Waals surface area contributed by atoms with Crippen molar-refractivity contribution < 1.29 is 23.9 Å². The first-order chi connectivity index (χ1) is 9.58. The molecule has 7 heteroatoms. The molecule has 1 aliphatic carbocycles. The number of rotatable bonds is 3. The Kier molecular flexibility index (Phi) is 4.39. The van der Waals surface area contributed by atoms with E-state index in [0.29, 0.717) is 34.7 Å². The maximum Gasteiger partial charge on any atom is 0.411 e. The molecule has 0 radical (unpaired) electrons. The molecule has 0 aromatic carbocycles. The number of Topliss-reactive ketones (excluding diaryl/α,β-unsaturated/α-hetero) is 1. The van der Waals surface area contributed by atoms with Crippen molar-refractivity contribution in [3.8, 4) is 0 Å². The average molecular weight is 297 g/mol. The normalized spacial score (nSPS) is 13.6. The van der Waals surface area contributed by atoms with Gasteiger partial charge in [0, 0.05) is 6.42 Å². The Labute approximate surface area is 120 Å². The molecule has 20 heavy (non-hydrogen) atoms. The molecule has 0 saturated carbocycles. The van der Waals surface area contributed by atoms with Crippen LogP contribution in [0.4, 0.5) is 9.80 Å². The lowest BCUT2D eigenvalue weighted by Crippen LogP contribution is -2.16. The third-order valence-electron chi connectivity index (χ3n) is 2.97. The highest BCUT2D eigenvalue weighted by Gasteiger charge is 2.30. The maximum atomic E-state index is 12.1. The van der Waals surface area contributed by atoms with Crippen LogP contribution in [0.2, 0.25) is 0 Å². The highest BCUT2D eigenvalue weighted by Crippen LogP contribution is 2.38. The Bertz CT molecular complexity index is 563. The minimum absolute atomic E-state index is 0.000265. The highest BCUT2D eigenvalue weighted by molar-refractivity contribution is 7.18. The van der Waals surface area contributed by atoms with Crippen LogP contribution in [0.15, 0.2) is 0 Å². The summed E-state index contributed by atoms with van der Waals surface area (Å²) in [5.74, 6) is -0.522. The third-order valence-corrected chi connectivity index (χ3v) is 4.16. The van der Waals surface area contributed by atoms with Gasteiger partial charge >= 0.3 is 12.1 Å². The fourth-order valence-electron chi connectivity index (χ4n) is 2.12. The number of ether oxygens (including phenoxy) is 2. The number of fused-ring (bicyclic) bond motifs is 1. The van der Waals surface area contributed by atoms with Crippen LogP contribution in [0, 0.1) is 0 Å². The molecule has 0 saturated heterocycles. The van der Waals surface area contributed by atoms with Gasteiger partial charge in [0.25, 0.3) is 0 Å². The Morgan fingerprint density at radius 2 is 2.10 bits per heavy atom. The molecule has 0 spiro atoms. The fourth-order valence-corrected chi connectivity index (χ4v) is 3.31. The summed E-state index contributed by atoms with van der Waals surface area (Å²) >= 11 is 1.11. The monoisotopic (exact) mass is 297 g/mol. The third kappa shape index (κ3) is 2.67. The molecule has 1 aromatic heterocycles. The van der Waals surface area contributed by atoms with Gasteiger partial charge in [-0.3, -0.25) is 10.1 Å². The molecule has 0 atom stereocenters. The van der Waals surface area contributed by atoms with E-state index in [1.807, 2.05) is 0 Å². The summed E-state index contributed by atoms with van der Waals surface area (Å²) in [6.45, 7) is 1.93. The highest BCUT2D eigenvalue weighted by atomic mass is 32.1. The number of esters is 1. The second-order valence-corrected chi connectivity index (χ2v) is 5.25. The first-order valence-electron chi connectivity index (χ1n) is 6.29. The molecule has 2 rings (SSSR count). The van der Waals surface area contributed by atoms with E-state index in [1.165, 1.54) is 7.11 Å². The number of carbonyl (C=O) groups excluding carboxylic acids is 3. The SMILES string of the molecule is CCOC(=O)c1c(NC(=O)OC)sc2c1CCCC2=O. The first-order valence-corrected chi connectivity index (χ1v) is 7.11. The van der Waals surface area contributed by atoms with Crippen molar-refractivity contribution >= 4 is 34.2 Å². The summed E-state index contributed by atoms with van der Waals surface area (Å²) in [7, 11) is 1.23. The molecular weight excluding hydrogens is 282 g/mol. The summed E-state index contributed by atoms with van der Waals surface area (Å²) in [5, 5.41) is 2.80. The molecule has 1 amide bonds. The summed E-state index contributed by atoms with van der Waals surface area (Å²) < 4.78 is 9.54.